The van der Waals surface area contributed by atoms with Crippen LogP contribution < -0.4 is 0 Å². The first-order chi connectivity index (χ1) is 10.4. The van der Waals surface area contributed by atoms with E-state index >= 15 is 0 Å². The second-order valence-corrected chi connectivity index (χ2v) is 7.37. The third kappa shape index (κ3) is 2.65. The van der Waals surface area contributed by atoms with Crippen LogP contribution >= 0.6 is 0 Å². The molecule has 0 bridgehead atoms. The first kappa shape index (κ1) is 15.1. The molecule has 0 aromatic carbocycles. The summed E-state index contributed by atoms with van der Waals surface area (Å²) in [4.78, 5) is 3.96. The van der Waals surface area contributed by atoms with Crippen LogP contribution in [-0.2, 0) is 27.4 Å². The minimum absolute atomic E-state index is 0.0606. The standard InChI is InChI=1S/C14H18N4O3S/c1-14(12-9-16-17(2)10-12)11-18(7-8-21-14)22(19,20)13-5-3-4-6-15-13/h3-6,9-10H,7-8,11H2,1-2H3. The number of rotatable bonds is 3. The zero-order valence-electron chi connectivity index (χ0n) is 12.5. The van der Waals surface area contributed by atoms with Crippen molar-refractivity contribution in [2.45, 2.75) is 17.6 Å². The molecule has 0 aliphatic carbocycles. The molecule has 2 aromatic rings. The van der Waals surface area contributed by atoms with E-state index in [0.717, 1.165) is 5.56 Å². The van der Waals surface area contributed by atoms with Crippen molar-refractivity contribution in [3.8, 4) is 0 Å². The summed E-state index contributed by atoms with van der Waals surface area (Å²) >= 11 is 0. The first-order valence-electron chi connectivity index (χ1n) is 6.96. The molecular formula is C14H18N4O3S. The van der Waals surface area contributed by atoms with Gasteiger partial charge in [0, 0.05) is 38.1 Å². The summed E-state index contributed by atoms with van der Waals surface area (Å²) in [5.41, 5.74) is 0.143. The second-order valence-electron chi connectivity index (χ2n) is 5.49. The Morgan fingerprint density at radius 3 is 2.82 bits per heavy atom. The van der Waals surface area contributed by atoms with E-state index in [1.165, 1.54) is 16.6 Å². The lowest BCUT2D eigenvalue weighted by Crippen LogP contribution is -2.50. The lowest BCUT2D eigenvalue weighted by Gasteiger charge is -2.39. The number of hydrogen-bond donors (Lipinski definition) is 0. The predicted octanol–water partition coefficient (Wildman–Crippen LogP) is 0.751. The molecule has 0 spiro atoms. The molecule has 7 nitrogen and oxygen atoms in total. The number of hydrogen-bond acceptors (Lipinski definition) is 5. The van der Waals surface area contributed by atoms with Gasteiger partial charge < -0.3 is 4.74 Å². The molecule has 0 amide bonds. The number of ether oxygens (including phenoxy) is 1. The van der Waals surface area contributed by atoms with E-state index in [9.17, 15) is 8.42 Å². The highest BCUT2D eigenvalue weighted by Gasteiger charge is 2.40. The van der Waals surface area contributed by atoms with Gasteiger partial charge in [0.15, 0.2) is 5.03 Å². The monoisotopic (exact) mass is 322 g/mol. The smallest absolute Gasteiger partial charge is 0.260 e. The number of sulfonamides is 1. The Labute approximate surface area is 129 Å². The van der Waals surface area contributed by atoms with Crippen LogP contribution in [0.25, 0.3) is 0 Å². The number of pyridine rings is 1. The van der Waals surface area contributed by atoms with Gasteiger partial charge in [0.1, 0.15) is 5.60 Å². The Hall–Kier alpha value is -1.77. The number of nitrogens with zero attached hydrogens (tertiary/aromatic N) is 4. The van der Waals surface area contributed by atoms with Crippen LogP contribution in [-0.4, -0.2) is 47.2 Å². The average molecular weight is 322 g/mol. The molecule has 1 fully saturated rings. The molecule has 22 heavy (non-hydrogen) atoms. The van der Waals surface area contributed by atoms with Gasteiger partial charge in [0.2, 0.25) is 0 Å². The maximum Gasteiger partial charge on any atom is 0.260 e. The zero-order chi connectivity index (χ0) is 15.8. The van der Waals surface area contributed by atoms with Crippen LogP contribution in [0, 0.1) is 0 Å². The van der Waals surface area contributed by atoms with Gasteiger partial charge >= 0.3 is 0 Å². The van der Waals surface area contributed by atoms with Crippen molar-refractivity contribution in [1.82, 2.24) is 19.1 Å². The van der Waals surface area contributed by atoms with E-state index in [1.54, 1.807) is 23.0 Å². The van der Waals surface area contributed by atoms with Crippen LogP contribution in [0.1, 0.15) is 12.5 Å². The van der Waals surface area contributed by atoms with Crippen molar-refractivity contribution < 1.29 is 13.2 Å². The van der Waals surface area contributed by atoms with E-state index in [2.05, 4.69) is 10.1 Å². The molecule has 0 saturated carbocycles. The molecular weight excluding hydrogens is 304 g/mol. The molecule has 1 aliphatic heterocycles. The Balaban J connectivity index is 1.90. The van der Waals surface area contributed by atoms with Crippen LogP contribution in [0.4, 0.5) is 0 Å². The molecule has 1 aliphatic rings. The third-order valence-corrected chi connectivity index (χ3v) is 5.56. The van der Waals surface area contributed by atoms with Gasteiger partial charge in [0.05, 0.1) is 12.8 Å². The lowest BCUT2D eigenvalue weighted by molar-refractivity contribution is -0.0820. The van der Waals surface area contributed by atoms with Crippen molar-refractivity contribution >= 4 is 10.0 Å². The Morgan fingerprint density at radius 1 is 1.36 bits per heavy atom. The average Bonchev–Trinajstić information content (AvgIpc) is 2.96. The minimum atomic E-state index is -3.62. The van der Waals surface area contributed by atoms with E-state index < -0.39 is 15.6 Å². The van der Waals surface area contributed by atoms with Gasteiger partial charge in [-0.25, -0.2) is 13.4 Å². The molecule has 0 radical (unpaired) electrons. The van der Waals surface area contributed by atoms with Gasteiger partial charge in [-0.3, -0.25) is 4.68 Å². The highest BCUT2D eigenvalue weighted by atomic mass is 32.2. The highest BCUT2D eigenvalue weighted by Crippen LogP contribution is 2.31. The molecule has 2 aromatic heterocycles. The predicted molar refractivity (Wildman–Crippen MR) is 79.5 cm³/mol. The third-order valence-electron chi connectivity index (χ3n) is 3.80. The number of aryl methyl sites for hydroxylation is 1. The molecule has 3 heterocycles. The Kier molecular flexibility index (Phi) is 3.75. The fourth-order valence-corrected chi connectivity index (χ4v) is 3.98. The summed E-state index contributed by atoms with van der Waals surface area (Å²) in [6, 6.07) is 4.87. The van der Waals surface area contributed by atoms with Gasteiger partial charge in [0.25, 0.3) is 10.0 Å². The molecule has 1 atom stereocenters. The number of morpholine rings is 1. The Morgan fingerprint density at radius 2 is 2.18 bits per heavy atom. The van der Waals surface area contributed by atoms with E-state index in [-0.39, 0.29) is 11.6 Å². The maximum absolute atomic E-state index is 12.7. The first-order valence-corrected chi connectivity index (χ1v) is 8.40. The van der Waals surface area contributed by atoms with E-state index in [0.29, 0.717) is 13.2 Å². The normalized spacial score (nSPS) is 23.5. The maximum atomic E-state index is 12.7. The quantitative estimate of drug-likeness (QED) is 0.833. The highest BCUT2D eigenvalue weighted by molar-refractivity contribution is 7.89. The largest absolute Gasteiger partial charge is 0.368 e. The fourth-order valence-electron chi connectivity index (χ4n) is 2.54. The summed E-state index contributed by atoms with van der Waals surface area (Å²) in [6.07, 6.45) is 5.03. The molecule has 3 rings (SSSR count). The van der Waals surface area contributed by atoms with Crippen molar-refractivity contribution in [2.75, 3.05) is 19.7 Å². The minimum Gasteiger partial charge on any atom is -0.368 e. The summed E-state index contributed by atoms with van der Waals surface area (Å²) < 4.78 is 34.3. The van der Waals surface area contributed by atoms with Crippen molar-refractivity contribution in [3.05, 3.63) is 42.4 Å². The summed E-state index contributed by atoms with van der Waals surface area (Å²) in [5.74, 6) is 0. The summed E-state index contributed by atoms with van der Waals surface area (Å²) in [5, 5.41) is 4.20. The molecule has 118 valence electrons. The van der Waals surface area contributed by atoms with Crippen molar-refractivity contribution in [3.63, 3.8) is 0 Å². The topological polar surface area (TPSA) is 77.3 Å². The van der Waals surface area contributed by atoms with Crippen LogP contribution in [0.5, 0.6) is 0 Å². The lowest BCUT2D eigenvalue weighted by atomic mass is 9.98. The van der Waals surface area contributed by atoms with Gasteiger partial charge in [-0.1, -0.05) is 6.07 Å². The SMILES string of the molecule is Cn1cc(C2(C)CN(S(=O)(=O)c3ccccn3)CCO2)cn1. The van der Waals surface area contributed by atoms with Crippen LogP contribution in [0.15, 0.2) is 41.8 Å². The van der Waals surface area contributed by atoms with E-state index in [1.807, 2.05) is 20.2 Å². The van der Waals surface area contributed by atoms with Crippen molar-refractivity contribution in [2.24, 2.45) is 7.05 Å². The fraction of sp³-hybridized carbons (Fsp3) is 0.429. The van der Waals surface area contributed by atoms with Crippen LogP contribution in [0.2, 0.25) is 0 Å². The molecule has 0 N–H and O–H groups in total. The molecule has 1 saturated heterocycles. The van der Waals surface area contributed by atoms with Crippen LogP contribution in [0.3, 0.4) is 0 Å². The second kappa shape index (κ2) is 5.45. The van der Waals surface area contributed by atoms with Gasteiger partial charge in [-0.05, 0) is 19.1 Å². The number of aromatic nitrogens is 3. The summed E-state index contributed by atoms with van der Waals surface area (Å²) in [6.45, 7) is 2.76. The summed E-state index contributed by atoms with van der Waals surface area (Å²) in [7, 11) is -1.80. The zero-order valence-corrected chi connectivity index (χ0v) is 13.3. The van der Waals surface area contributed by atoms with Gasteiger partial charge in [-0.15, -0.1) is 0 Å². The molecule has 8 heteroatoms. The van der Waals surface area contributed by atoms with Gasteiger partial charge in [-0.2, -0.15) is 9.40 Å². The Bertz CT molecular complexity index is 759. The van der Waals surface area contributed by atoms with E-state index in [4.69, 9.17) is 4.74 Å². The molecule has 1 unspecified atom stereocenters. The van der Waals surface area contributed by atoms with Crippen molar-refractivity contribution in [1.29, 1.82) is 0 Å².